The monoisotopic (exact) mass is 216 g/mol. The second kappa shape index (κ2) is 5.32. The highest BCUT2D eigenvalue weighted by molar-refractivity contribution is 5.95. The van der Waals surface area contributed by atoms with Gasteiger partial charge in [0, 0.05) is 12.7 Å². The van der Waals surface area contributed by atoms with Crippen LogP contribution in [0.1, 0.15) is 18.9 Å². The molecule has 0 aliphatic rings. The van der Waals surface area contributed by atoms with Gasteiger partial charge in [0.05, 0.1) is 6.07 Å². The van der Waals surface area contributed by atoms with Crippen molar-refractivity contribution in [3.05, 3.63) is 29.8 Å². The van der Waals surface area contributed by atoms with Crippen LogP contribution in [-0.2, 0) is 4.79 Å². The van der Waals surface area contributed by atoms with E-state index in [1.54, 1.807) is 7.05 Å². The Hall–Kier alpha value is -1.82. The van der Waals surface area contributed by atoms with Gasteiger partial charge >= 0.3 is 0 Å². The minimum absolute atomic E-state index is 0.145. The summed E-state index contributed by atoms with van der Waals surface area (Å²) in [4.78, 5) is 13.4. The molecule has 0 saturated heterocycles. The van der Waals surface area contributed by atoms with Gasteiger partial charge in [-0.1, -0.05) is 24.6 Å². The Morgan fingerprint density at radius 3 is 2.44 bits per heavy atom. The van der Waals surface area contributed by atoms with Gasteiger partial charge in [0.2, 0.25) is 5.91 Å². The molecule has 3 nitrogen and oxygen atoms in total. The van der Waals surface area contributed by atoms with E-state index in [1.807, 2.05) is 44.2 Å². The zero-order chi connectivity index (χ0) is 12.1. The number of rotatable bonds is 3. The normalized spacial score (nSPS) is 11.6. The number of benzene rings is 1. The molecule has 0 bridgehead atoms. The van der Waals surface area contributed by atoms with Crippen molar-refractivity contribution in [2.24, 2.45) is 5.92 Å². The Morgan fingerprint density at radius 1 is 1.44 bits per heavy atom. The average Bonchev–Trinajstić information content (AvgIpc) is 2.30. The number of amides is 1. The second-order valence-electron chi connectivity index (χ2n) is 3.82. The highest BCUT2D eigenvalue weighted by Crippen LogP contribution is 2.16. The van der Waals surface area contributed by atoms with E-state index in [-0.39, 0.29) is 5.91 Å². The van der Waals surface area contributed by atoms with Crippen LogP contribution >= 0.6 is 0 Å². The van der Waals surface area contributed by atoms with Gasteiger partial charge in [-0.2, -0.15) is 5.26 Å². The highest BCUT2D eigenvalue weighted by atomic mass is 16.2. The predicted molar refractivity (Wildman–Crippen MR) is 64.0 cm³/mol. The van der Waals surface area contributed by atoms with Gasteiger partial charge in [0.25, 0.3) is 0 Å². The van der Waals surface area contributed by atoms with Crippen LogP contribution < -0.4 is 4.90 Å². The maximum atomic E-state index is 11.9. The van der Waals surface area contributed by atoms with Crippen LogP contribution in [-0.4, -0.2) is 13.0 Å². The Bertz CT molecular complexity index is 403. The van der Waals surface area contributed by atoms with Gasteiger partial charge in [0.15, 0.2) is 0 Å². The van der Waals surface area contributed by atoms with Gasteiger partial charge in [-0.15, -0.1) is 0 Å². The number of hydrogen-bond donors (Lipinski definition) is 0. The fourth-order valence-corrected chi connectivity index (χ4v) is 1.45. The molecule has 0 radical (unpaired) electrons. The molecular weight excluding hydrogens is 200 g/mol. The number of carbonyl (C=O) groups is 1. The predicted octanol–water partition coefficient (Wildman–Crippen LogP) is 2.51. The first-order valence-electron chi connectivity index (χ1n) is 5.34. The first kappa shape index (κ1) is 12.3. The van der Waals surface area contributed by atoms with Crippen LogP contribution in [0.4, 0.5) is 5.69 Å². The Labute approximate surface area is 96.3 Å². The lowest BCUT2D eigenvalue weighted by Crippen LogP contribution is -2.31. The van der Waals surface area contributed by atoms with E-state index in [9.17, 15) is 4.79 Å². The molecule has 1 rings (SSSR count). The van der Waals surface area contributed by atoms with Crippen LogP contribution in [0.15, 0.2) is 24.3 Å². The number of nitrogens with zero attached hydrogens (tertiary/aromatic N) is 2. The third kappa shape index (κ3) is 2.60. The molecule has 84 valence electrons. The van der Waals surface area contributed by atoms with E-state index in [2.05, 4.69) is 0 Å². The van der Waals surface area contributed by atoms with Gasteiger partial charge in [0.1, 0.15) is 5.92 Å². The van der Waals surface area contributed by atoms with Crippen molar-refractivity contribution in [2.75, 3.05) is 11.9 Å². The standard InChI is InChI=1S/C13H16N2O/c1-4-11(9-14)13(16)15(3)12-7-5-10(2)6-8-12/h5-8,11H,4H2,1-3H3. The van der Waals surface area contributed by atoms with E-state index in [1.165, 1.54) is 4.90 Å². The molecule has 3 heteroatoms. The molecule has 1 unspecified atom stereocenters. The van der Waals surface area contributed by atoms with Gasteiger partial charge < -0.3 is 4.90 Å². The van der Waals surface area contributed by atoms with Crippen LogP contribution in [0.5, 0.6) is 0 Å². The molecular formula is C13H16N2O. The quantitative estimate of drug-likeness (QED) is 0.779. The topological polar surface area (TPSA) is 44.1 Å². The fourth-order valence-electron chi connectivity index (χ4n) is 1.45. The fraction of sp³-hybridized carbons (Fsp3) is 0.385. The van der Waals surface area contributed by atoms with Crippen molar-refractivity contribution >= 4 is 11.6 Å². The smallest absolute Gasteiger partial charge is 0.244 e. The lowest BCUT2D eigenvalue weighted by Gasteiger charge is -2.19. The van der Waals surface area contributed by atoms with Gasteiger partial charge in [-0.3, -0.25) is 4.79 Å². The SMILES string of the molecule is CCC(C#N)C(=O)N(C)c1ccc(C)cc1. The van der Waals surface area contributed by atoms with Crippen molar-refractivity contribution in [3.8, 4) is 6.07 Å². The van der Waals surface area contributed by atoms with E-state index < -0.39 is 5.92 Å². The Balaban J connectivity index is 2.86. The molecule has 0 aromatic heterocycles. The molecule has 1 aromatic rings. The first-order chi connectivity index (χ1) is 7.60. The largest absolute Gasteiger partial charge is 0.314 e. The lowest BCUT2D eigenvalue weighted by molar-refractivity contribution is -0.120. The van der Waals surface area contributed by atoms with Crippen molar-refractivity contribution < 1.29 is 4.79 Å². The lowest BCUT2D eigenvalue weighted by atomic mass is 10.1. The summed E-state index contributed by atoms with van der Waals surface area (Å²) in [5, 5.41) is 8.84. The molecule has 0 N–H and O–H groups in total. The van der Waals surface area contributed by atoms with E-state index in [4.69, 9.17) is 5.26 Å². The van der Waals surface area contributed by atoms with Gasteiger partial charge in [-0.25, -0.2) is 0 Å². The summed E-state index contributed by atoms with van der Waals surface area (Å²) in [6.07, 6.45) is 0.547. The van der Waals surface area contributed by atoms with Crippen LogP contribution in [0, 0.1) is 24.2 Å². The molecule has 1 aromatic carbocycles. The van der Waals surface area contributed by atoms with E-state index >= 15 is 0 Å². The van der Waals surface area contributed by atoms with Crippen LogP contribution in [0.3, 0.4) is 0 Å². The zero-order valence-electron chi connectivity index (χ0n) is 9.90. The van der Waals surface area contributed by atoms with Crippen LogP contribution in [0.25, 0.3) is 0 Å². The molecule has 0 spiro atoms. The molecule has 1 amide bonds. The molecule has 0 heterocycles. The number of nitriles is 1. The molecule has 0 saturated carbocycles. The maximum Gasteiger partial charge on any atom is 0.244 e. The Morgan fingerprint density at radius 2 is 2.00 bits per heavy atom. The molecule has 0 aliphatic heterocycles. The van der Waals surface area contributed by atoms with E-state index in [0.29, 0.717) is 6.42 Å². The minimum Gasteiger partial charge on any atom is -0.314 e. The maximum absolute atomic E-state index is 11.9. The summed E-state index contributed by atoms with van der Waals surface area (Å²) in [5.74, 6) is -0.694. The third-order valence-electron chi connectivity index (χ3n) is 2.61. The highest BCUT2D eigenvalue weighted by Gasteiger charge is 2.20. The summed E-state index contributed by atoms with van der Waals surface area (Å²) in [7, 11) is 1.70. The van der Waals surface area contributed by atoms with Crippen molar-refractivity contribution in [3.63, 3.8) is 0 Å². The third-order valence-corrected chi connectivity index (χ3v) is 2.61. The summed E-state index contributed by atoms with van der Waals surface area (Å²) < 4.78 is 0. The number of hydrogen-bond acceptors (Lipinski definition) is 2. The summed E-state index contributed by atoms with van der Waals surface area (Å²) in [6.45, 7) is 3.84. The summed E-state index contributed by atoms with van der Waals surface area (Å²) in [6, 6.07) is 9.70. The second-order valence-corrected chi connectivity index (χ2v) is 3.82. The number of aryl methyl sites for hydroxylation is 1. The van der Waals surface area contributed by atoms with Gasteiger partial charge in [-0.05, 0) is 25.5 Å². The minimum atomic E-state index is -0.550. The number of anilines is 1. The number of carbonyl (C=O) groups excluding carboxylic acids is 1. The van der Waals surface area contributed by atoms with Crippen molar-refractivity contribution in [1.29, 1.82) is 5.26 Å². The molecule has 0 fully saturated rings. The zero-order valence-corrected chi connectivity index (χ0v) is 9.90. The Kier molecular flexibility index (Phi) is 4.07. The van der Waals surface area contributed by atoms with Crippen molar-refractivity contribution in [2.45, 2.75) is 20.3 Å². The average molecular weight is 216 g/mol. The molecule has 1 atom stereocenters. The first-order valence-corrected chi connectivity index (χ1v) is 5.34. The molecule has 16 heavy (non-hydrogen) atoms. The van der Waals surface area contributed by atoms with Crippen LogP contribution in [0.2, 0.25) is 0 Å². The molecule has 0 aliphatic carbocycles. The van der Waals surface area contributed by atoms with Crippen molar-refractivity contribution in [1.82, 2.24) is 0 Å². The summed E-state index contributed by atoms with van der Waals surface area (Å²) >= 11 is 0. The summed E-state index contributed by atoms with van der Waals surface area (Å²) in [5.41, 5.74) is 1.97. The van der Waals surface area contributed by atoms with E-state index in [0.717, 1.165) is 11.3 Å².